The standard InChI is InChI=1S/C11H21N3/c1-5-10(3)12-7-11(4)14-8-9(2)6-13-14/h6,8,10-12H,5,7H2,1-4H3. The van der Waals surface area contributed by atoms with Gasteiger partial charge >= 0.3 is 0 Å². The fourth-order valence-electron chi connectivity index (χ4n) is 1.28. The molecule has 0 aliphatic carbocycles. The van der Waals surface area contributed by atoms with E-state index >= 15 is 0 Å². The predicted octanol–water partition coefficient (Wildman–Crippen LogP) is 2.14. The molecule has 0 fully saturated rings. The average molecular weight is 195 g/mol. The Labute approximate surface area is 86.5 Å². The fraction of sp³-hybridized carbons (Fsp3) is 0.727. The van der Waals surface area contributed by atoms with Crippen molar-refractivity contribution < 1.29 is 0 Å². The molecule has 3 nitrogen and oxygen atoms in total. The van der Waals surface area contributed by atoms with Gasteiger partial charge in [-0.05, 0) is 32.8 Å². The van der Waals surface area contributed by atoms with Crippen molar-refractivity contribution in [1.82, 2.24) is 15.1 Å². The monoisotopic (exact) mass is 195 g/mol. The molecule has 2 unspecified atom stereocenters. The second-order valence-electron chi connectivity index (χ2n) is 4.06. The van der Waals surface area contributed by atoms with Crippen LogP contribution in [-0.4, -0.2) is 22.4 Å². The van der Waals surface area contributed by atoms with E-state index in [1.165, 1.54) is 12.0 Å². The lowest BCUT2D eigenvalue weighted by atomic mass is 10.2. The molecule has 1 heterocycles. The predicted molar refractivity (Wildman–Crippen MR) is 59.4 cm³/mol. The van der Waals surface area contributed by atoms with E-state index in [9.17, 15) is 0 Å². The maximum Gasteiger partial charge on any atom is 0.0615 e. The van der Waals surface area contributed by atoms with Crippen LogP contribution in [0.2, 0.25) is 0 Å². The zero-order chi connectivity index (χ0) is 10.6. The highest BCUT2D eigenvalue weighted by Crippen LogP contribution is 2.05. The van der Waals surface area contributed by atoms with Crippen molar-refractivity contribution in [3.63, 3.8) is 0 Å². The van der Waals surface area contributed by atoms with E-state index in [0.717, 1.165) is 6.54 Å². The molecule has 1 rings (SSSR count). The molecule has 1 N–H and O–H groups in total. The van der Waals surface area contributed by atoms with Crippen LogP contribution in [0.3, 0.4) is 0 Å². The van der Waals surface area contributed by atoms with Crippen LogP contribution in [-0.2, 0) is 0 Å². The molecule has 0 aliphatic heterocycles. The number of hydrogen-bond donors (Lipinski definition) is 1. The molecule has 0 aliphatic rings. The molecular weight excluding hydrogens is 174 g/mol. The zero-order valence-corrected chi connectivity index (χ0v) is 9.62. The van der Waals surface area contributed by atoms with E-state index < -0.39 is 0 Å². The quantitative estimate of drug-likeness (QED) is 0.780. The van der Waals surface area contributed by atoms with Gasteiger partial charge in [0.1, 0.15) is 0 Å². The SMILES string of the molecule is CCC(C)NCC(C)n1cc(C)cn1. The van der Waals surface area contributed by atoms with E-state index in [-0.39, 0.29) is 0 Å². The summed E-state index contributed by atoms with van der Waals surface area (Å²) in [5.41, 5.74) is 1.22. The summed E-state index contributed by atoms with van der Waals surface area (Å²) >= 11 is 0. The largest absolute Gasteiger partial charge is 0.312 e. The second-order valence-corrected chi connectivity index (χ2v) is 4.06. The summed E-state index contributed by atoms with van der Waals surface area (Å²) in [7, 11) is 0. The van der Waals surface area contributed by atoms with Gasteiger partial charge in [-0.15, -0.1) is 0 Å². The molecule has 0 amide bonds. The third kappa shape index (κ3) is 3.14. The highest BCUT2D eigenvalue weighted by Gasteiger charge is 2.06. The molecule has 80 valence electrons. The van der Waals surface area contributed by atoms with Crippen molar-refractivity contribution >= 4 is 0 Å². The van der Waals surface area contributed by atoms with Crippen molar-refractivity contribution in [2.24, 2.45) is 0 Å². The van der Waals surface area contributed by atoms with Gasteiger partial charge in [0, 0.05) is 18.8 Å². The van der Waals surface area contributed by atoms with E-state index in [1.54, 1.807) is 0 Å². The van der Waals surface area contributed by atoms with Gasteiger partial charge in [0.05, 0.1) is 12.2 Å². The molecule has 0 spiro atoms. The van der Waals surface area contributed by atoms with Gasteiger partial charge in [0.25, 0.3) is 0 Å². The highest BCUT2D eigenvalue weighted by molar-refractivity contribution is 5.00. The molecule has 0 radical (unpaired) electrons. The maximum atomic E-state index is 4.30. The Morgan fingerprint density at radius 2 is 2.21 bits per heavy atom. The van der Waals surface area contributed by atoms with Gasteiger partial charge in [-0.2, -0.15) is 5.10 Å². The number of rotatable bonds is 5. The lowest BCUT2D eigenvalue weighted by Crippen LogP contribution is -2.31. The van der Waals surface area contributed by atoms with Crippen LogP contribution in [0.4, 0.5) is 0 Å². The van der Waals surface area contributed by atoms with Crippen molar-refractivity contribution in [3.05, 3.63) is 18.0 Å². The topological polar surface area (TPSA) is 29.9 Å². The summed E-state index contributed by atoms with van der Waals surface area (Å²) in [6, 6.07) is 1.02. The van der Waals surface area contributed by atoms with E-state index in [0.29, 0.717) is 12.1 Å². The minimum Gasteiger partial charge on any atom is -0.312 e. The Morgan fingerprint density at radius 1 is 1.50 bits per heavy atom. The van der Waals surface area contributed by atoms with Crippen molar-refractivity contribution in [2.45, 2.75) is 46.2 Å². The fourth-order valence-corrected chi connectivity index (χ4v) is 1.28. The number of nitrogens with zero attached hydrogens (tertiary/aromatic N) is 2. The van der Waals surface area contributed by atoms with Gasteiger partial charge in [0.2, 0.25) is 0 Å². The number of nitrogens with one attached hydrogen (secondary N) is 1. The summed E-state index contributed by atoms with van der Waals surface area (Å²) in [5, 5.41) is 7.78. The number of aromatic nitrogens is 2. The maximum absolute atomic E-state index is 4.30. The van der Waals surface area contributed by atoms with Gasteiger partial charge in [-0.1, -0.05) is 6.92 Å². The highest BCUT2D eigenvalue weighted by atomic mass is 15.3. The summed E-state index contributed by atoms with van der Waals surface area (Å²) in [4.78, 5) is 0. The van der Waals surface area contributed by atoms with Crippen LogP contribution in [0.15, 0.2) is 12.4 Å². The zero-order valence-electron chi connectivity index (χ0n) is 9.62. The van der Waals surface area contributed by atoms with Crippen LogP contribution in [0.1, 0.15) is 38.8 Å². The molecular formula is C11H21N3. The molecule has 3 heteroatoms. The van der Waals surface area contributed by atoms with Crippen LogP contribution >= 0.6 is 0 Å². The normalized spacial score (nSPS) is 15.4. The van der Waals surface area contributed by atoms with E-state index in [4.69, 9.17) is 0 Å². The minimum absolute atomic E-state index is 0.428. The Kier molecular flexibility index (Phi) is 4.14. The Morgan fingerprint density at radius 3 is 2.71 bits per heavy atom. The van der Waals surface area contributed by atoms with Crippen molar-refractivity contribution in [1.29, 1.82) is 0 Å². The third-order valence-electron chi connectivity index (χ3n) is 2.56. The molecule has 1 aromatic rings. The molecule has 0 aromatic carbocycles. The van der Waals surface area contributed by atoms with Crippen LogP contribution in [0, 0.1) is 6.92 Å². The summed E-state index contributed by atoms with van der Waals surface area (Å²) in [5.74, 6) is 0. The smallest absolute Gasteiger partial charge is 0.0615 e. The van der Waals surface area contributed by atoms with E-state index in [1.807, 2.05) is 10.9 Å². The number of hydrogen-bond acceptors (Lipinski definition) is 2. The van der Waals surface area contributed by atoms with Crippen molar-refractivity contribution in [3.8, 4) is 0 Å². The van der Waals surface area contributed by atoms with Crippen LogP contribution in [0.5, 0.6) is 0 Å². The lowest BCUT2D eigenvalue weighted by molar-refractivity contribution is 0.419. The lowest BCUT2D eigenvalue weighted by Gasteiger charge is -2.16. The molecule has 0 bridgehead atoms. The summed E-state index contributed by atoms with van der Waals surface area (Å²) < 4.78 is 2.02. The van der Waals surface area contributed by atoms with Gasteiger partial charge in [-0.3, -0.25) is 4.68 Å². The Bertz CT molecular complexity index is 267. The van der Waals surface area contributed by atoms with E-state index in [2.05, 4.69) is 44.3 Å². The van der Waals surface area contributed by atoms with Gasteiger partial charge in [-0.25, -0.2) is 0 Å². The first-order chi connectivity index (χ1) is 6.63. The average Bonchev–Trinajstić information content (AvgIpc) is 2.60. The first kappa shape index (κ1) is 11.2. The molecule has 0 saturated heterocycles. The first-order valence-corrected chi connectivity index (χ1v) is 5.37. The first-order valence-electron chi connectivity index (χ1n) is 5.37. The molecule has 0 saturated carbocycles. The van der Waals surface area contributed by atoms with Gasteiger partial charge < -0.3 is 5.32 Å². The molecule has 2 atom stereocenters. The third-order valence-corrected chi connectivity index (χ3v) is 2.56. The number of aryl methyl sites for hydroxylation is 1. The van der Waals surface area contributed by atoms with Crippen LogP contribution < -0.4 is 5.32 Å². The molecule has 1 aromatic heterocycles. The molecule has 14 heavy (non-hydrogen) atoms. The van der Waals surface area contributed by atoms with Gasteiger partial charge in [0.15, 0.2) is 0 Å². The summed E-state index contributed by atoms with van der Waals surface area (Å²) in [6.07, 6.45) is 5.16. The van der Waals surface area contributed by atoms with Crippen molar-refractivity contribution in [2.75, 3.05) is 6.54 Å². The minimum atomic E-state index is 0.428. The Hall–Kier alpha value is -0.830. The second kappa shape index (κ2) is 5.15. The Balaban J connectivity index is 2.39. The summed E-state index contributed by atoms with van der Waals surface area (Å²) in [6.45, 7) is 9.64. The van der Waals surface area contributed by atoms with Crippen LogP contribution in [0.25, 0.3) is 0 Å².